The molecule has 0 saturated carbocycles. The molecule has 0 spiro atoms. The number of allylic oxidation sites excluding steroid dienone is 4. The lowest BCUT2D eigenvalue weighted by atomic mass is 9.78. The van der Waals surface area contributed by atoms with E-state index in [2.05, 4.69) is 6.42 Å². The van der Waals surface area contributed by atoms with E-state index in [0.717, 1.165) is 11.1 Å². The minimum absolute atomic E-state index is 0.466. The molecular weight excluding hydrogens is 212 g/mol. The average molecular weight is 230 g/mol. The highest BCUT2D eigenvalue weighted by molar-refractivity contribution is 5.35. The Balaban J connectivity index is 2.07. The molecule has 0 amide bonds. The molecule has 2 N–H and O–H groups in total. The zero-order chi connectivity index (χ0) is 12.5. The summed E-state index contributed by atoms with van der Waals surface area (Å²) in [5.41, 5.74) is -0.0909. The first-order valence-corrected chi connectivity index (χ1v) is 5.87. The number of rotatable bonds is 2. The zero-order valence-electron chi connectivity index (χ0n) is 10.3. The molecule has 2 heteroatoms. The summed E-state index contributed by atoms with van der Waals surface area (Å²) in [5, 5.41) is 20.6. The van der Waals surface area contributed by atoms with Crippen LogP contribution < -0.4 is 0 Å². The molecule has 0 fully saturated rings. The summed E-state index contributed by atoms with van der Waals surface area (Å²) in [6.45, 7) is 3.97. The molecule has 0 aromatic carbocycles. The van der Waals surface area contributed by atoms with E-state index >= 15 is 0 Å². The second kappa shape index (κ2) is 4.28. The van der Waals surface area contributed by atoms with E-state index in [0.29, 0.717) is 12.8 Å². The predicted molar refractivity (Wildman–Crippen MR) is 68.2 cm³/mol. The van der Waals surface area contributed by atoms with Gasteiger partial charge in [0.2, 0.25) is 0 Å². The second-order valence-corrected chi connectivity index (χ2v) is 4.94. The largest absolute Gasteiger partial charge is 0.385 e. The van der Waals surface area contributed by atoms with Gasteiger partial charge in [-0.3, -0.25) is 0 Å². The van der Waals surface area contributed by atoms with Gasteiger partial charge in [0.15, 0.2) is 0 Å². The first-order chi connectivity index (χ1) is 7.91. The van der Waals surface area contributed by atoms with Gasteiger partial charge < -0.3 is 10.2 Å². The fraction of sp³-hybridized carbons (Fsp3) is 0.400. The first kappa shape index (κ1) is 12.3. The van der Waals surface area contributed by atoms with E-state index < -0.39 is 11.2 Å². The van der Waals surface area contributed by atoms with Crippen LogP contribution in [0, 0.1) is 6.42 Å². The van der Waals surface area contributed by atoms with Crippen LogP contribution in [-0.2, 0) is 0 Å². The van der Waals surface area contributed by atoms with Gasteiger partial charge in [-0.15, -0.1) is 0 Å². The Labute approximate surface area is 103 Å². The van der Waals surface area contributed by atoms with Crippen molar-refractivity contribution in [3.05, 3.63) is 54.0 Å². The van der Waals surface area contributed by atoms with Crippen LogP contribution in [-0.4, -0.2) is 21.4 Å². The summed E-state index contributed by atoms with van der Waals surface area (Å²) in [5.74, 6) is 0. The van der Waals surface area contributed by atoms with Gasteiger partial charge in [0.1, 0.15) is 0 Å². The van der Waals surface area contributed by atoms with Crippen molar-refractivity contribution in [2.24, 2.45) is 0 Å². The van der Waals surface area contributed by atoms with Crippen molar-refractivity contribution in [2.75, 3.05) is 0 Å². The van der Waals surface area contributed by atoms with Crippen LogP contribution in [0.4, 0.5) is 0 Å². The topological polar surface area (TPSA) is 40.5 Å². The Kier molecular flexibility index (Phi) is 3.11. The van der Waals surface area contributed by atoms with Gasteiger partial charge in [0.05, 0.1) is 17.6 Å². The third-order valence-corrected chi connectivity index (χ3v) is 3.15. The Bertz CT molecular complexity index is 388. The predicted octanol–water partition coefficient (Wildman–Crippen LogP) is 2.34. The Morgan fingerprint density at radius 2 is 1.35 bits per heavy atom. The second-order valence-electron chi connectivity index (χ2n) is 4.94. The van der Waals surface area contributed by atoms with Gasteiger partial charge in [0.25, 0.3) is 0 Å². The third-order valence-electron chi connectivity index (χ3n) is 3.15. The minimum atomic E-state index is -1.17. The zero-order valence-corrected chi connectivity index (χ0v) is 10.3. The van der Waals surface area contributed by atoms with Crippen molar-refractivity contribution < 1.29 is 10.2 Å². The van der Waals surface area contributed by atoms with Gasteiger partial charge in [-0.05, 0) is 26.7 Å². The van der Waals surface area contributed by atoms with E-state index in [9.17, 15) is 10.2 Å². The quantitative estimate of drug-likeness (QED) is 0.764. The van der Waals surface area contributed by atoms with Gasteiger partial charge >= 0.3 is 0 Å². The summed E-state index contributed by atoms with van der Waals surface area (Å²) < 4.78 is 0. The fourth-order valence-corrected chi connectivity index (χ4v) is 2.00. The molecule has 0 aromatic heterocycles. The molecule has 2 atom stereocenters. The van der Waals surface area contributed by atoms with Crippen molar-refractivity contribution in [1.82, 2.24) is 0 Å². The number of hydrogen-bond donors (Lipinski definition) is 2. The van der Waals surface area contributed by atoms with Gasteiger partial charge in [0, 0.05) is 0 Å². The molecule has 17 heavy (non-hydrogen) atoms. The van der Waals surface area contributed by atoms with E-state index in [1.807, 2.05) is 38.2 Å². The molecule has 2 aliphatic rings. The molecular formula is C15H18O2. The Morgan fingerprint density at radius 1 is 0.941 bits per heavy atom. The van der Waals surface area contributed by atoms with E-state index in [-0.39, 0.29) is 0 Å². The summed E-state index contributed by atoms with van der Waals surface area (Å²) in [7, 11) is 0. The molecule has 2 radical (unpaired) electrons. The van der Waals surface area contributed by atoms with Gasteiger partial charge in [-0.2, -0.15) is 0 Å². The molecule has 2 rings (SSSR count). The maximum absolute atomic E-state index is 10.3. The molecule has 2 unspecified atom stereocenters. The minimum Gasteiger partial charge on any atom is -0.385 e. The van der Waals surface area contributed by atoms with Crippen LogP contribution >= 0.6 is 0 Å². The van der Waals surface area contributed by atoms with Crippen LogP contribution in [0.2, 0.25) is 0 Å². The standard InChI is InChI=1S/C15H18O2/c1-12-3-7-14(16,8-4-12)11-15(17)9-5-13(2)6-10-15/h3-7,9,16-17H,8,10H2,1-2H3. The first-order valence-electron chi connectivity index (χ1n) is 5.87. The summed E-state index contributed by atoms with van der Waals surface area (Å²) in [6.07, 6.45) is 14.8. The molecule has 0 aliphatic heterocycles. The van der Waals surface area contributed by atoms with Crippen LogP contribution in [0.1, 0.15) is 26.7 Å². The highest BCUT2D eigenvalue weighted by atomic mass is 16.3. The summed E-state index contributed by atoms with van der Waals surface area (Å²) >= 11 is 0. The number of hydrogen-bond acceptors (Lipinski definition) is 2. The van der Waals surface area contributed by atoms with Crippen LogP contribution in [0.15, 0.2) is 47.6 Å². The Morgan fingerprint density at radius 3 is 1.65 bits per heavy atom. The molecule has 0 bridgehead atoms. The van der Waals surface area contributed by atoms with E-state index in [4.69, 9.17) is 0 Å². The van der Waals surface area contributed by atoms with Crippen molar-refractivity contribution in [3.63, 3.8) is 0 Å². The molecule has 2 nitrogen and oxygen atoms in total. The molecule has 90 valence electrons. The van der Waals surface area contributed by atoms with Crippen molar-refractivity contribution >= 4 is 0 Å². The summed E-state index contributed by atoms with van der Waals surface area (Å²) in [6, 6.07) is 0. The van der Waals surface area contributed by atoms with Crippen LogP contribution in [0.3, 0.4) is 0 Å². The molecule has 0 heterocycles. The maximum atomic E-state index is 10.3. The van der Waals surface area contributed by atoms with Gasteiger partial charge in [-0.1, -0.05) is 47.6 Å². The van der Waals surface area contributed by atoms with Crippen LogP contribution in [0.5, 0.6) is 0 Å². The van der Waals surface area contributed by atoms with E-state index in [1.54, 1.807) is 12.2 Å². The summed E-state index contributed by atoms with van der Waals surface area (Å²) in [4.78, 5) is 0. The third kappa shape index (κ3) is 2.96. The Hall–Kier alpha value is -1.12. The lowest BCUT2D eigenvalue weighted by molar-refractivity contribution is 0.0484. The SMILES string of the molecule is CC1=CCC(O)([C]C2(O)C=CC(C)=CC2)C=C1. The molecule has 0 saturated heterocycles. The maximum Gasteiger partial charge on any atom is 0.0968 e. The van der Waals surface area contributed by atoms with Crippen LogP contribution in [0.25, 0.3) is 0 Å². The van der Waals surface area contributed by atoms with Crippen molar-refractivity contribution in [3.8, 4) is 0 Å². The fourth-order valence-electron chi connectivity index (χ4n) is 2.00. The number of aliphatic hydroxyl groups is 2. The molecule has 0 aromatic rings. The highest BCUT2D eigenvalue weighted by Crippen LogP contribution is 2.33. The van der Waals surface area contributed by atoms with Crippen molar-refractivity contribution in [1.29, 1.82) is 0 Å². The lowest BCUT2D eigenvalue weighted by Gasteiger charge is -2.34. The monoisotopic (exact) mass is 230 g/mol. The average Bonchev–Trinajstić information content (AvgIpc) is 2.28. The lowest BCUT2D eigenvalue weighted by Crippen LogP contribution is -2.40. The highest BCUT2D eigenvalue weighted by Gasteiger charge is 2.37. The van der Waals surface area contributed by atoms with E-state index in [1.165, 1.54) is 0 Å². The molecule has 2 aliphatic carbocycles. The smallest absolute Gasteiger partial charge is 0.0968 e. The normalized spacial score (nSPS) is 36.7. The van der Waals surface area contributed by atoms with Crippen molar-refractivity contribution in [2.45, 2.75) is 37.9 Å². The van der Waals surface area contributed by atoms with Gasteiger partial charge in [-0.25, -0.2) is 0 Å².